The molecule has 2 fully saturated rings. The van der Waals surface area contributed by atoms with E-state index in [-0.39, 0.29) is 6.04 Å². The summed E-state index contributed by atoms with van der Waals surface area (Å²) in [5.74, 6) is 1.46. The largest absolute Gasteiger partial charge is 0.378 e. The van der Waals surface area contributed by atoms with Crippen LogP contribution in [-0.4, -0.2) is 96.1 Å². The molecule has 0 N–H and O–H groups in total. The molecular weight excluding hydrogens is 534 g/mol. The van der Waals surface area contributed by atoms with E-state index in [1.165, 1.54) is 16.7 Å². The molecule has 2 saturated heterocycles. The second-order valence-corrected chi connectivity index (χ2v) is 13.3. The number of piperazine rings is 1. The third kappa shape index (κ3) is 5.44. The van der Waals surface area contributed by atoms with Crippen LogP contribution in [0.5, 0.6) is 0 Å². The number of fused-ring (bicyclic) bond motifs is 1. The Morgan fingerprint density at radius 2 is 1.77 bits per heavy atom. The maximum atomic E-state index is 12.0. The monoisotopic (exact) mass is 567 g/mol. The molecule has 2 aliphatic heterocycles. The lowest BCUT2D eigenvalue weighted by Crippen LogP contribution is -2.48. The molecule has 0 saturated carbocycles. The molecule has 3 aromatic heterocycles. The molecule has 1 atom stereocenters. The number of morpholine rings is 1. The topological polar surface area (TPSA) is 96.7 Å². The highest BCUT2D eigenvalue weighted by atomic mass is 32.2. The summed E-state index contributed by atoms with van der Waals surface area (Å²) in [6.45, 7) is 9.57. The Hall–Kier alpha value is -2.90. The zero-order valence-corrected chi connectivity index (χ0v) is 24.1. The molecule has 10 nitrogen and oxygen atoms in total. The van der Waals surface area contributed by atoms with Crippen molar-refractivity contribution in [2.45, 2.75) is 19.9 Å². The number of hydrogen-bond donors (Lipinski definition) is 0. The Kier molecular flexibility index (Phi) is 7.15. The van der Waals surface area contributed by atoms with Gasteiger partial charge in [-0.25, -0.2) is 18.1 Å². The van der Waals surface area contributed by atoms with Crippen molar-refractivity contribution in [1.29, 1.82) is 0 Å². The van der Waals surface area contributed by atoms with E-state index in [0.717, 1.165) is 40.4 Å². The summed E-state index contributed by atoms with van der Waals surface area (Å²) in [5, 5.41) is 4.82. The van der Waals surface area contributed by atoms with Crippen molar-refractivity contribution in [3.63, 3.8) is 0 Å². The van der Waals surface area contributed by atoms with Crippen LogP contribution in [0.15, 0.2) is 42.6 Å². The molecule has 206 valence electrons. The van der Waals surface area contributed by atoms with Crippen molar-refractivity contribution < 1.29 is 13.2 Å². The zero-order valence-electron chi connectivity index (χ0n) is 22.4. The molecule has 2 aliphatic rings. The Balaban J connectivity index is 1.34. The van der Waals surface area contributed by atoms with Gasteiger partial charge in [-0.2, -0.15) is 14.4 Å². The lowest BCUT2D eigenvalue weighted by atomic mass is 10.1. The number of rotatable bonds is 6. The minimum atomic E-state index is -3.16. The SMILES string of the molecule is Cc1cccc(-c2ccn(-c3nc(N4CCOCC4)c4sc(C(C)N5CCN(S(C)(=O)=O)CC5)cc4n3)n2)c1. The molecule has 0 amide bonds. The Morgan fingerprint density at radius 1 is 1.00 bits per heavy atom. The van der Waals surface area contributed by atoms with E-state index in [1.54, 1.807) is 20.3 Å². The molecular formula is C27H33N7O3S2. The molecule has 12 heteroatoms. The number of ether oxygens (including phenoxy) is 1. The Labute approximate surface area is 232 Å². The van der Waals surface area contributed by atoms with Gasteiger partial charge in [-0.15, -0.1) is 11.3 Å². The van der Waals surface area contributed by atoms with Crippen LogP contribution >= 0.6 is 11.3 Å². The molecule has 1 aromatic carbocycles. The van der Waals surface area contributed by atoms with Crippen molar-refractivity contribution in [2.75, 3.05) is 63.6 Å². The molecule has 39 heavy (non-hydrogen) atoms. The fraction of sp³-hybridized carbons (Fsp3) is 0.444. The van der Waals surface area contributed by atoms with Gasteiger partial charge in [0.1, 0.15) is 0 Å². The number of aryl methyl sites for hydroxylation is 1. The van der Waals surface area contributed by atoms with Gasteiger partial charge in [0.2, 0.25) is 10.0 Å². The maximum Gasteiger partial charge on any atom is 0.253 e. The second kappa shape index (κ2) is 10.6. The minimum absolute atomic E-state index is 0.143. The smallest absolute Gasteiger partial charge is 0.253 e. The standard InChI is InChI=1S/C27H33N7O3S2/c1-19-5-4-6-21(17-19)22-7-8-34(30-22)27-28-23-18-24(20(2)31-9-11-33(12-10-31)39(3,35)36)38-25(23)26(29-27)32-13-15-37-16-14-32/h4-8,17-18,20H,9-16H2,1-3H3. The van der Waals surface area contributed by atoms with Crippen molar-refractivity contribution in [3.05, 3.63) is 53.0 Å². The lowest BCUT2D eigenvalue weighted by molar-refractivity contribution is 0.122. The van der Waals surface area contributed by atoms with E-state index in [0.29, 0.717) is 45.3 Å². The first kappa shape index (κ1) is 26.3. The molecule has 0 radical (unpaired) electrons. The summed E-state index contributed by atoms with van der Waals surface area (Å²) >= 11 is 1.72. The molecule has 1 unspecified atom stereocenters. The van der Waals surface area contributed by atoms with Crippen molar-refractivity contribution in [2.24, 2.45) is 0 Å². The van der Waals surface area contributed by atoms with Crippen LogP contribution in [0.1, 0.15) is 23.4 Å². The lowest BCUT2D eigenvalue weighted by Gasteiger charge is -2.36. The summed E-state index contributed by atoms with van der Waals surface area (Å²) in [4.78, 5) is 15.8. The van der Waals surface area contributed by atoms with E-state index >= 15 is 0 Å². The number of aromatic nitrogens is 4. The van der Waals surface area contributed by atoms with Crippen molar-refractivity contribution in [1.82, 2.24) is 29.0 Å². The van der Waals surface area contributed by atoms with Gasteiger partial charge in [-0.05, 0) is 32.0 Å². The average molecular weight is 568 g/mol. The van der Waals surface area contributed by atoms with Gasteiger partial charge in [-0.3, -0.25) is 4.90 Å². The summed E-state index contributed by atoms with van der Waals surface area (Å²) < 4.78 is 33.9. The van der Waals surface area contributed by atoms with Gasteiger partial charge >= 0.3 is 0 Å². The van der Waals surface area contributed by atoms with Crippen LogP contribution in [0.2, 0.25) is 0 Å². The molecule has 5 heterocycles. The molecule has 0 spiro atoms. The van der Waals surface area contributed by atoms with Gasteiger partial charge < -0.3 is 9.64 Å². The highest BCUT2D eigenvalue weighted by Crippen LogP contribution is 2.37. The fourth-order valence-corrected chi connectivity index (χ4v) is 7.24. The zero-order chi connectivity index (χ0) is 27.1. The summed E-state index contributed by atoms with van der Waals surface area (Å²) in [6, 6.07) is 12.6. The average Bonchev–Trinajstić information content (AvgIpc) is 3.60. The van der Waals surface area contributed by atoms with Crippen molar-refractivity contribution >= 4 is 37.4 Å². The second-order valence-electron chi connectivity index (χ2n) is 10.2. The first-order valence-corrected chi connectivity index (χ1v) is 15.9. The van der Waals surface area contributed by atoms with Crippen molar-refractivity contribution in [3.8, 4) is 17.2 Å². The van der Waals surface area contributed by atoms with E-state index in [4.69, 9.17) is 19.8 Å². The Morgan fingerprint density at radius 3 is 2.49 bits per heavy atom. The fourth-order valence-electron chi connectivity index (χ4n) is 5.22. The number of thiophene rings is 1. The number of nitrogens with zero attached hydrogens (tertiary/aromatic N) is 7. The Bertz CT molecular complexity index is 1590. The normalized spacial score (nSPS) is 18.6. The third-order valence-corrected chi connectivity index (χ3v) is 10.1. The number of anilines is 1. The predicted molar refractivity (Wildman–Crippen MR) is 154 cm³/mol. The van der Waals surface area contributed by atoms with Gasteiger partial charge in [0.05, 0.1) is 35.4 Å². The molecule has 0 bridgehead atoms. The van der Waals surface area contributed by atoms with Gasteiger partial charge in [0.25, 0.3) is 5.95 Å². The van der Waals surface area contributed by atoms with Crippen LogP contribution < -0.4 is 4.90 Å². The highest BCUT2D eigenvalue weighted by molar-refractivity contribution is 7.88. The predicted octanol–water partition coefficient (Wildman–Crippen LogP) is 3.33. The molecule has 4 aromatic rings. The highest BCUT2D eigenvalue weighted by Gasteiger charge is 2.28. The molecule has 0 aliphatic carbocycles. The molecule has 6 rings (SSSR count). The van der Waals surface area contributed by atoms with Crippen LogP contribution in [0.3, 0.4) is 0 Å². The van der Waals surface area contributed by atoms with Crippen LogP contribution in [0.25, 0.3) is 27.4 Å². The first-order chi connectivity index (χ1) is 18.8. The summed E-state index contributed by atoms with van der Waals surface area (Å²) in [5.41, 5.74) is 4.02. The number of hydrogen-bond acceptors (Lipinski definition) is 9. The quantitative estimate of drug-likeness (QED) is 0.350. The van der Waals surface area contributed by atoms with E-state index in [9.17, 15) is 8.42 Å². The van der Waals surface area contributed by atoms with Gasteiger partial charge in [-0.1, -0.05) is 23.8 Å². The van der Waals surface area contributed by atoms with Crippen LogP contribution in [0.4, 0.5) is 5.82 Å². The summed E-state index contributed by atoms with van der Waals surface area (Å²) in [7, 11) is -3.16. The van der Waals surface area contributed by atoms with E-state index in [2.05, 4.69) is 47.9 Å². The number of sulfonamides is 1. The van der Waals surface area contributed by atoms with Crippen LogP contribution in [-0.2, 0) is 14.8 Å². The van der Waals surface area contributed by atoms with Crippen LogP contribution in [0, 0.1) is 6.92 Å². The first-order valence-electron chi connectivity index (χ1n) is 13.2. The number of benzene rings is 1. The minimum Gasteiger partial charge on any atom is -0.378 e. The van der Waals surface area contributed by atoms with E-state index < -0.39 is 10.0 Å². The summed E-state index contributed by atoms with van der Waals surface area (Å²) in [6.07, 6.45) is 3.20. The van der Waals surface area contributed by atoms with Gasteiger partial charge in [0, 0.05) is 61.9 Å². The van der Waals surface area contributed by atoms with E-state index in [1.807, 2.05) is 18.3 Å². The third-order valence-electron chi connectivity index (χ3n) is 7.48. The van der Waals surface area contributed by atoms with Gasteiger partial charge in [0.15, 0.2) is 5.82 Å². The maximum absolute atomic E-state index is 12.0.